The van der Waals surface area contributed by atoms with Gasteiger partial charge < -0.3 is 19.7 Å². The number of benzene rings is 1. The van der Waals surface area contributed by atoms with Gasteiger partial charge in [-0.3, -0.25) is 4.79 Å². The maximum atomic E-state index is 12.1. The molecule has 2 rings (SSSR count). The fourth-order valence-electron chi connectivity index (χ4n) is 3.36. The number of halogens is 1. The molecule has 0 aliphatic carbocycles. The van der Waals surface area contributed by atoms with Crippen LogP contribution in [0.4, 0.5) is 0 Å². The maximum Gasteiger partial charge on any atom is 0.251 e. The third kappa shape index (κ3) is 7.12. The van der Waals surface area contributed by atoms with E-state index in [0.29, 0.717) is 35.5 Å². The largest absolute Gasteiger partial charge is 0.489 e. The molecule has 5 nitrogen and oxygen atoms in total. The quantitative estimate of drug-likeness (QED) is 0.463. The third-order valence-corrected chi connectivity index (χ3v) is 5.46. The van der Waals surface area contributed by atoms with Gasteiger partial charge in [-0.15, -0.1) is 6.58 Å². The van der Waals surface area contributed by atoms with Crippen LogP contribution in [-0.4, -0.2) is 56.3 Å². The Hall–Kier alpha value is -1.56. The molecule has 1 atom stereocenters. The van der Waals surface area contributed by atoms with Crippen LogP contribution in [0.5, 0.6) is 5.75 Å². The van der Waals surface area contributed by atoms with E-state index < -0.39 is 0 Å². The molecule has 1 saturated heterocycles. The lowest BCUT2D eigenvalue weighted by atomic mass is 10.0. The first-order chi connectivity index (χ1) is 13.4. The van der Waals surface area contributed by atoms with Crippen molar-refractivity contribution in [1.29, 1.82) is 0 Å². The van der Waals surface area contributed by atoms with Gasteiger partial charge in [0.15, 0.2) is 0 Å². The Balaban J connectivity index is 1.83. The fraction of sp³-hybridized carbons (Fsp3) is 0.591. The highest BCUT2D eigenvalue weighted by molar-refractivity contribution is 6.32. The van der Waals surface area contributed by atoms with Crippen LogP contribution in [0.3, 0.4) is 0 Å². The molecule has 0 saturated carbocycles. The zero-order valence-electron chi connectivity index (χ0n) is 17.3. The minimum absolute atomic E-state index is 0.156. The summed E-state index contributed by atoms with van der Waals surface area (Å²) in [6.45, 7) is 11.4. The van der Waals surface area contributed by atoms with Crippen LogP contribution in [0.25, 0.3) is 0 Å². The summed E-state index contributed by atoms with van der Waals surface area (Å²) < 4.78 is 11.1. The van der Waals surface area contributed by atoms with Gasteiger partial charge in [0.2, 0.25) is 0 Å². The summed E-state index contributed by atoms with van der Waals surface area (Å²) in [5, 5.41) is 3.26. The molecule has 0 unspecified atom stereocenters. The molecule has 6 heteroatoms. The Morgan fingerprint density at radius 3 is 2.71 bits per heavy atom. The van der Waals surface area contributed by atoms with Crippen LogP contribution < -0.4 is 10.1 Å². The summed E-state index contributed by atoms with van der Waals surface area (Å²) in [5.41, 5.74) is 1.77. The number of nitrogens with one attached hydrogen (secondary N) is 1. The van der Waals surface area contributed by atoms with Crippen molar-refractivity contribution in [3.05, 3.63) is 40.9 Å². The number of amides is 1. The van der Waals surface area contributed by atoms with E-state index in [2.05, 4.69) is 30.6 Å². The van der Waals surface area contributed by atoms with E-state index in [4.69, 9.17) is 21.1 Å². The van der Waals surface area contributed by atoms with Crippen molar-refractivity contribution in [2.75, 3.05) is 33.4 Å². The number of allylic oxidation sites excluding steroid dienone is 1. The number of likely N-dealkylation sites (tertiary alicyclic amines) is 1. The Bertz CT molecular complexity index is 657. The van der Waals surface area contributed by atoms with Gasteiger partial charge >= 0.3 is 0 Å². The van der Waals surface area contributed by atoms with Gasteiger partial charge in [-0.05, 0) is 57.7 Å². The number of hydrogen-bond donors (Lipinski definition) is 1. The second-order valence-electron chi connectivity index (χ2n) is 7.59. The highest BCUT2D eigenvalue weighted by Crippen LogP contribution is 2.29. The minimum atomic E-state index is -0.164. The molecule has 0 bridgehead atoms. The van der Waals surface area contributed by atoms with Crippen LogP contribution in [0.2, 0.25) is 5.02 Å². The number of hydrogen-bond acceptors (Lipinski definition) is 4. The van der Waals surface area contributed by atoms with Crippen molar-refractivity contribution in [2.24, 2.45) is 0 Å². The molecule has 1 aliphatic heterocycles. The van der Waals surface area contributed by atoms with Gasteiger partial charge in [-0.1, -0.05) is 17.2 Å². The van der Waals surface area contributed by atoms with Gasteiger partial charge in [0.05, 0.1) is 11.6 Å². The van der Waals surface area contributed by atoms with E-state index in [0.717, 1.165) is 38.8 Å². The fourth-order valence-corrected chi connectivity index (χ4v) is 3.58. The number of piperidine rings is 1. The summed E-state index contributed by atoms with van der Waals surface area (Å²) in [6, 6.07) is 5.76. The summed E-state index contributed by atoms with van der Waals surface area (Å²) in [6.07, 6.45) is 4.35. The number of ether oxygens (including phenoxy) is 2. The molecule has 1 N–H and O–H groups in total. The molecule has 0 radical (unpaired) electrons. The first kappa shape index (κ1) is 22.7. The lowest BCUT2D eigenvalue weighted by molar-refractivity contribution is 0.0776. The first-order valence-corrected chi connectivity index (χ1v) is 10.4. The zero-order valence-corrected chi connectivity index (χ0v) is 18.1. The van der Waals surface area contributed by atoms with Crippen molar-refractivity contribution in [3.63, 3.8) is 0 Å². The molecule has 1 heterocycles. The average Bonchev–Trinajstić information content (AvgIpc) is 2.68. The van der Waals surface area contributed by atoms with Gasteiger partial charge in [0, 0.05) is 38.3 Å². The summed E-state index contributed by atoms with van der Waals surface area (Å²) >= 11 is 6.36. The third-order valence-electron chi connectivity index (χ3n) is 5.17. The Morgan fingerprint density at radius 2 is 2.11 bits per heavy atom. The van der Waals surface area contributed by atoms with E-state index in [1.807, 2.05) is 0 Å². The van der Waals surface area contributed by atoms with E-state index in [1.54, 1.807) is 25.3 Å². The monoisotopic (exact) mass is 408 g/mol. The maximum absolute atomic E-state index is 12.1. The van der Waals surface area contributed by atoms with Crippen LogP contribution >= 0.6 is 11.6 Å². The van der Waals surface area contributed by atoms with Gasteiger partial charge in [0.25, 0.3) is 5.91 Å². The van der Waals surface area contributed by atoms with Gasteiger partial charge in [-0.25, -0.2) is 0 Å². The number of methoxy groups -OCH3 is 1. The van der Waals surface area contributed by atoms with E-state index >= 15 is 0 Å². The van der Waals surface area contributed by atoms with Crippen molar-refractivity contribution >= 4 is 17.5 Å². The van der Waals surface area contributed by atoms with Crippen LogP contribution in [-0.2, 0) is 4.74 Å². The topological polar surface area (TPSA) is 50.8 Å². The zero-order chi connectivity index (χ0) is 20.5. The standard InChI is InChI=1S/C22H33ClN2O3/c1-16(2)5-6-17(3)25-12-9-19(10-13-25)28-21-8-7-18(15-20(21)23)22(26)24-11-14-27-4/h7-8,15,17,19H,1,5-6,9-14H2,2-4H3,(H,24,26)/t17-/m1/s1. The number of carbonyl (C=O) groups excluding carboxylic acids is 1. The van der Waals surface area contributed by atoms with E-state index in [9.17, 15) is 4.79 Å². The molecular weight excluding hydrogens is 376 g/mol. The molecule has 1 amide bonds. The van der Waals surface area contributed by atoms with E-state index in [-0.39, 0.29) is 12.0 Å². The number of rotatable bonds is 10. The summed E-state index contributed by atoms with van der Waals surface area (Å²) in [7, 11) is 1.60. The highest BCUT2D eigenvalue weighted by atomic mass is 35.5. The smallest absolute Gasteiger partial charge is 0.251 e. The molecule has 1 fully saturated rings. The Kier molecular flexibility index (Phi) is 9.29. The second kappa shape index (κ2) is 11.4. The van der Waals surface area contributed by atoms with Crippen LogP contribution in [0, 0.1) is 0 Å². The molecule has 28 heavy (non-hydrogen) atoms. The number of carbonyl (C=O) groups is 1. The molecule has 1 aromatic rings. The molecule has 0 aromatic heterocycles. The molecule has 1 aromatic carbocycles. The minimum Gasteiger partial charge on any atom is -0.489 e. The van der Waals surface area contributed by atoms with Crippen molar-refractivity contribution < 1.29 is 14.3 Å². The van der Waals surface area contributed by atoms with E-state index in [1.165, 1.54) is 5.57 Å². The van der Waals surface area contributed by atoms with Gasteiger partial charge in [0.1, 0.15) is 11.9 Å². The molecule has 0 spiro atoms. The first-order valence-electron chi connectivity index (χ1n) is 10.0. The lowest BCUT2D eigenvalue weighted by Gasteiger charge is -2.36. The SMILES string of the molecule is C=C(C)CC[C@@H](C)N1CCC(Oc2ccc(C(=O)NCCOC)cc2Cl)CC1. The molecule has 156 valence electrons. The van der Waals surface area contributed by atoms with Crippen molar-refractivity contribution in [1.82, 2.24) is 10.2 Å². The normalized spacial score (nSPS) is 16.6. The average molecular weight is 409 g/mol. The second-order valence-corrected chi connectivity index (χ2v) is 8.00. The summed E-state index contributed by atoms with van der Waals surface area (Å²) in [5.74, 6) is 0.478. The van der Waals surface area contributed by atoms with Crippen molar-refractivity contribution in [3.8, 4) is 5.75 Å². The highest BCUT2D eigenvalue weighted by Gasteiger charge is 2.24. The predicted octanol–water partition coefficient (Wildman–Crippen LogP) is 4.30. The van der Waals surface area contributed by atoms with Crippen molar-refractivity contribution in [2.45, 2.75) is 51.7 Å². The summed E-state index contributed by atoms with van der Waals surface area (Å²) in [4.78, 5) is 14.6. The lowest BCUT2D eigenvalue weighted by Crippen LogP contribution is -2.43. The predicted molar refractivity (Wildman–Crippen MR) is 114 cm³/mol. The molecule has 1 aliphatic rings. The van der Waals surface area contributed by atoms with Gasteiger partial charge in [-0.2, -0.15) is 0 Å². The Morgan fingerprint density at radius 1 is 1.39 bits per heavy atom. The Labute approximate surface area is 174 Å². The van der Waals surface area contributed by atoms with Crippen LogP contribution in [0.1, 0.15) is 49.9 Å². The molecular formula is C22H33ClN2O3. The van der Waals surface area contributed by atoms with Crippen LogP contribution in [0.15, 0.2) is 30.4 Å². The number of nitrogens with zero attached hydrogens (tertiary/aromatic N) is 1.